The third-order valence-corrected chi connectivity index (χ3v) is 7.40. The van der Waals surface area contributed by atoms with Gasteiger partial charge in [-0.3, -0.25) is 4.79 Å². The number of fused-ring (bicyclic) bond motifs is 1. The lowest BCUT2D eigenvalue weighted by Gasteiger charge is -2.22. The lowest BCUT2D eigenvalue weighted by molar-refractivity contribution is 0.284. The normalized spacial score (nSPS) is 14.4. The Morgan fingerprint density at radius 2 is 1.84 bits per heavy atom. The van der Waals surface area contributed by atoms with Crippen LogP contribution < -0.4 is 15.0 Å². The number of nitrogens with zero attached hydrogens (tertiary/aromatic N) is 3. The zero-order valence-corrected chi connectivity index (χ0v) is 22.0. The van der Waals surface area contributed by atoms with E-state index < -0.39 is 0 Å². The monoisotopic (exact) mass is 535 g/mol. The van der Waals surface area contributed by atoms with Crippen molar-refractivity contribution in [3.63, 3.8) is 0 Å². The first-order valence-electron chi connectivity index (χ1n) is 12.3. The molecule has 37 heavy (non-hydrogen) atoms. The number of halogens is 2. The van der Waals surface area contributed by atoms with E-state index in [1.807, 2.05) is 42.5 Å². The Bertz CT molecular complexity index is 1510. The van der Waals surface area contributed by atoms with Crippen LogP contribution in [-0.4, -0.2) is 23.0 Å². The molecule has 6 nitrogen and oxygen atoms in total. The number of rotatable bonds is 7. The molecule has 1 saturated carbocycles. The van der Waals surface area contributed by atoms with Crippen molar-refractivity contribution < 1.29 is 9.47 Å². The molecule has 1 aromatic heterocycles. The van der Waals surface area contributed by atoms with Crippen molar-refractivity contribution in [2.24, 2.45) is 5.10 Å². The van der Waals surface area contributed by atoms with Gasteiger partial charge in [0.2, 0.25) is 0 Å². The Hall–Kier alpha value is -3.35. The van der Waals surface area contributed by atoms with Gasteiger partial charge in [-0.15, -0.1) is 0 Å². The molecule has 0 bridgehead atoms. The van der Waals surface area contributed by atoms with Crippen molar-refractivity contribution in [2.75, 3.05) is 7.11 Å². The number of aromatic nitrogens is 2. The van der Waals surface area contributed by atoms with Crippen molar-refractivity contribution >= 4 is 40.3 Å². The largest absolute Gasteiger partial charge is 0.493 e. The minimum atomic E-state index is -0.177. The van der Waals surface area contributed by atoms with Crippen LogP contribution in [0.5, 0.6) is 11.5 Å². The van der Waals surface area contributed by atoms with E-state index in [1.54, 1.807) is 31.5 Å². The molecular formula is C29H27Cl2N3O3. The maximum Gasteiger partial charge on any atom is 0.282 e. The Morgan fingerprint density at radius 1 is 1.03 bits per heavy atom. The van der Waals surface area contributed by atoms with Gasteiger partial charge in [-0.1, -0.05) is 66.7 Å². The molecule has 3 aromatic carbocycles. The van der Waals surface area contributed by atoms with Crippen LogP contribution >= 0.6 is 23.2 Å². The first-order valence-corrected chi connectivity index (χ1v) is 13.1. The van der Waals surface area contributed by atoms with Crippen LogP contribution in [0, 0.1) is 0 Å². The summed E-state index contributed by atoms with van der Waals surface area (Å²) in [7, 11) is 1.58. The number of methoxy groups -OCH3 is 1. The summed E-state index contributed by atoms with van der Waals surface area (Å²) < 4.78 is 13.2. The number of ether oxygens (including phenoxy) is 2. The van der Waals surface area contributed by atoms with Gasteiger partial charge in [0, 0.05) is 11.5 Å². The number of para-hydroxylation sites is 2. The predicted molar refractivity (Wildman–Crippen MR) is 149 cm³/mol. The zero-order valence-electron chi connectivity index (χ0n) is 20.5. The molecule has 1 fully saturated rings. The molecule has 0 saturated heterocycles. The summed E-state index contributed by atoms with van der Waals surface area (Å²) in [5.41, 5.74) is 2.06. The zero-order chi connectivity index (χ0) is 25.8. The molecule has 1 aliphatic carbocycles. The third-order valence-electron chi connectivity index (χ3n) is 6.66. The minimum Gasteiger partial charge on any atom is -0.493 e. The fourth-order valence-electron chi connectivity index (χ4n) is 4.73. The summed E-state index contributed by atoms with van der Waals surface area (Å²) in [6.45, 7) is 0.253. The van der Waals surface area contributed by atoms with E-state index in [4.69, 9.17) is 37.7 Å². The molecule has 0 amide bonds. The topological polar surface area (TPSA) is 65.7 Å². The van der Waals surface area contributed by atoms with Crippen LogP contribution in [-0.2, 0) is 6.61 Å². The van der Waals surface area contributed by atoms with Gasteiger partial charge < -0.3 is 9.47 Å². The van der Waals surface area contributed by atoms with Crippen LogP contribution in [0.1, 0.15) is 55.0 Å². The molecule has 0 unspecified atom stereocenters. The Morgan fingerprint density at radius 3 is 2.62 bits per heavy atom. The maximum atomic E-state index is 13.5. The minimum absolute atomic E-state index is 0.177. The van der Waals surface area contributed by atoms with E-state index in [1.165, 1.54) is 11.1 Å². The second-order valence-electron chi connectivity index (χ2n) is 9.10. The number of hydrogen-bond acceptors (Lipinski definition) is 5. The summed E-state index contributed by atoms with van der Waals surface area (Å²) in [5.74, 6) is 1.97. The van der Waals surface area contributed by atoms with Crippen molar-refractivity contribution in [3.8, 4) is 11.5 Å². The molecule has 4 aromatic rings. The lowest BCUT2D eigenvalue weighted by atomic mass is 9.88. The highest BCUT2D eigenvalue weighted by Gasteiger charge is 2.22. The van der Waals surface area contributed by atoms with Crippen LogP contribution in [0.2, 0.25) is 10.0 Å². The molecule has 0 radical (unpaired) electrons. The van der Waals surface area contributed by atoms with E-state index in [-0.39, 0.29) is 18.1 Å². The van der Waals surface area contributed by atoms with Gasteiger partial charge in [0.25, 0.3) is 5.56 Å². The van der Waals surface area contributed by atoms with Crippen molar-refractivity contribution in [2.45, 2.75) is 44.6 Å². The molecule has 0 spiro atoms. The fourth-order valence-corrected chi connectivity index (χ4v) is 5.05. The van der Waals surface area contributed by atoms with E-state index in [9.17, 15) is 4.79 Å². The Balaban J connectivity index is 1.53. The van der Waals surface area contributed by atoms with Crippen molar-refractivity contribution in [1.29, 1.82) is 0 Å². The third kappa shape index (κ3) is 5.50. The van der Waals surface area contributed by atoms with Gasteiger partial charge in [0.15, 0.2) is 11.5 Å². The van der Waals surface area contributed by atoms with Crippen molar-refractivity contribution in [3.05, 3.63) is 98.0 Å². The van der Waals surface area contributed by atoms with E-state index in [0.29, 0.717) is 43.8 Å². The molecule has 1 heterocycles. The lowest BCUT2D eigenvalue weighted by Crippen LogP contribution is -2.25. The van der Waals surface area contributed by atoms with Crippen LogP contribution in [0.3, 0.4) is 0 Å². The Kier molecular flexibility index (Phi) is 7.77. The second-order valence-corrected chi connectivity index (χ2v) is 9.91. The van der Waals surface area contributed by atoms with Crippen molar-refractivity contribution in [1.82, 2.24) is 9.66 Å². The molecule has 0 aliphatic heterocycles. The molecule has 190 valence electrons. The highest BCUT2D eigenvalue weighted by atomic mass is 35.5. The molecule has 1 aliphatic rings. The standard InChI is InChI=1S/C29H27Cl2N3O3/c1-36-26-13-7-10-21(27(26)37-18-19-14-15-23(30)24(31)16-19)17-32-34-28(20-8-3-2-4-9-20)33-25-12-6-5-11-22(25)29(34)35/h5-7,10-17,20H,2-4,8-9,18H2,1H3. The smallest absolute Gasteiger partial charge is 0.282 e. The summed E-state index contributed by atoms with van der Waals surface area (Å²) in [6, 6.07) is 18.3. The molecule has 8 heteroatoms. The van der Waals surface area contributed by atoms with Gasteiger partial charge >= 0.3 is 0 Å². The average molecular weight is 536 g/mol. The van der Waals surface area contributed by atoms with Gasteiger partial charge in [-0.25, -0.2) is 4.98 Å². The Labute approximate surface area is 225 Å². The first-order chi connectivity index (χ1) is 18.0. The van der Waals surface area contributed by atoms with Gasteiger partial charge in [0.05, 0.1) is 34.3 Å². The van der Waals surface area contributed by atoms with Gasteiger partial charge in [-0.05, 0) is 54.8 Å². The molecule has 5 rings (SSSR count). The van der Waals surface area contributed by atoms with Crippen LogP contribution in [0.4, 0.5) is 0 Å². The second kappa shape index (κ2) is 11.4. The first kappa shape index (κ1) is 25.3. The van der Waals surface area contributed by atoms with E-state index >= 15 is 0 Å². The summed E-state index contributed by atoms with van der Waals surface area (Å²) >= 11 is 12.2. The molecular weight excluding hydrogens is 509 g/mol. The number of benzene rings is 3. The van der Waals surface area contributed by atoms with E-state index in [2.05, 4.69) is 5.10 Å². The average Bonchev–Trinajstić information content (AvgIpc) is 2.93. The fraction of sp³-hybridized carbons (Fsp3) is 0.276. The number of hydrogen-bond donors (Lipinski definition) is 0. The van der Waals surface area contributed by atoms with Crippen LogP contribution in [0.25, 0.3) is 10.9 Å². The quantitative estimate of drug-likeness (QED) is 0.234. The maximum absolute atomic E-state index is 13.5. The van der Waals surface area contributed by atoms with Crippen LogP contribution in [0.15, 0.2) is 70.6 Å². The molecule has 0 N–H and O–H groups in total. The van der Waals surface area contributed by atoms with Gasteiger partial charge in [0.1, 0.15) is 12.4 Å². The summed E-state index contributed by atoms with van der Waals surface area (Å²) in [6.07, 6.45) is 7.09. The SMILES string of the molecule is COc1cccc(C=Nn2c(C3CCCCC3)nc3ccccc3c2=O)c1OCc1ccc(Cl)c(Cl)c1. The highest BCUT2D eigenvalue weighted by molar-refractivity contribution is 6.42. The van der Waals surface area contributed by atoms with Gasteiger partial charge in [-0.2, -0.15) is 9.78 Å². The molecule has 0 atom stereocenters. The highest BCUT2D eigenvalue weighted by Crippen LogP contribution is 2.33. The van der Waals surface area contributed by atoms with E-state index in [0.717, 1.165) is 31.2 Å². The summed E-state index contributed by atoms with van der Waals surface area (Å²) in [5, 5.41) is 6.15. The predicted octanol–water partition coefficient (Wildman–Crippen LogP) is 7.22. The summed E-state index contributed by atoms with van der Waals surface area (Å²) in [4.78, 5) is 18.4.